The van der Waals surface area contributed by atoms with E-state index in [2.05, 4.69) is 20.7 Å². The normalized spacial score (nSPS) is 19.0. The van der Waals surface area contributed by atoms with Crippen LogP contribution in [-0.2, 0) is 30.5 Å². The van der Waals surface area contributed by atoms with E-state index in [1.807, 2.05) is 0 Å². The number of nitrogens with two attached hydrogens (primary N) is 1. The number of rotatable bonds is 9. The van der Waals surface area contributed by atoms with Crippen molar-refractivity contribution in [1.82, 2.24) is 25.6 Å². The number of nitrogens with zero attached hydrogens (tertiary/aromatic N) is 3. The third-order valence-corrected chi connectivity index (χ3v) is 7.97. The molecule has 4 rings (SSSR count). The second-order valence-electron chi connectivity index (χ2n) is 8.36. The summed E-state index contributed by atoms with van der Waals surface area (Å²) >= 11 is 2.71. The molecule has 3 heterocycles. The van der Waals surface area contributed by atoms with Gasteiger partial charge in [-0.1, -0.05) is 11.3 Å². The lowest BCUT2D eigenvalue weighted by molar-refractivity contribution is -0.192. The van der Waals surface area contributed by atoms with E-state index in [1.54, 1.807) is 6.07 Å². The molecular weight excluding hydrogens is 597 g/mol. The Kier molecular flexibility index (Phi) is 10.2. The van der Waals surface area contributed by atoms with Crippen LogP contribution >= 0.6 is 23.5 Å². The van der Waals surface area contributed by atoms with E-state index >= 15 is 0 Å². The molecule has 0 saturated carbocycles. The Bertz CT molecular complexity index is 1340. The Morgan fingerprint density at radius 2 is 2.02 bits per heavy atom. The van der Waals surface area contributed by atoms with Gasteiger partial charge in [-0.3, -0.25) is 19.6 Å². The number of fused-ring (bicyclic) bond motifs is 1. The number of phenols is 1. The van der Waals surface area contributed by atoms with Gasteiger partial charge in [0.25, 0.3) is 5.91 Å². The third-order valence-electron chi connectivity index (χ3n) is 5.63. The summed E-state index contributed by atoms with van der Waals surface area (Å²) in [5.74, 6) is -4.29. The largest absolute Gasteiger partial charge is 0.508 e. The average molecular weight is 621 g/mol. The predicted molar refractivity (Wildman–Crippen MR) is 136 cm³/mol. The number of carboxylic acids is 2. The van der Waals surface area contributed by atoms with Crippen LogP contribution in [0.2, 0.25) is 0 Å². The zero-order chi connectivity index (χ0) is 30.5. The van der Waals surface area contributed by atoms with Gasteiger partial charge in [0.15, 0.2) is 0 Å². The second-order valence-corrected chi connectivity index (χ2v) is 10.5. The zero-order valence-electron chi connectivity index (χ0n) is 20.9. The number of nitrogens with one attached hydrogen (secondary N) is 2. The maximum Gasteiger partial charge on any atom is 0.490 e. The van der Waals surface area contributed by atoms with E-state index in [9.17, 15) is 37.8 Å². The number of carbonyl (C=O) groups excluding carboxylic acids is 2. The van der Waals surface area contributed by atoms with Gasteiger partial charge in [-0.05, 0) is 23.3 Å². The number of benzene rings is 1. The number of H-pyrrole nitrogens is 1. The minimum atomic E-state index is -5.08. The molecule has 0 spiro atoms. The van der Waals surface area contributed by atoms with Crippen molar-refractivity contribution < 1.29 is 52.4 Å². The Balaban J connectivity index is 0.000000587. The summed E-state index contributed by atoms with van der Waals surface area (Å²) in [7, 11) is 1.48. The number of alkyl halides is 3. The number of aromatic nitrogens is 3. The SMILES string of the molecule is COCc1cc(C(N)C(=O)NC2C(=O)N3C(C(=O)O)=C(CSc4cnn[nH]4)CSC23)ccc1O.O=C(O)C(F)(F)F. The molecule has 2 amide bonds. The Morgan fingerprint density at radius 1 is 1.34 bits per heavy atom. The number of aromatic amines is 1. The lowest BCUT2D eigenvalue weighted by Gasteiger charge is -2.49. The van der Waals surface area contributed by atoms with Gasteiger partial charge < -0.3 is 31.1 Å². The van der Waals surface area contributed by atoms with E-state index in [-0.39, 0.29) is 18.1 Å². The fraction of sp³-hybridized carbons (Fsp3) is 0.364. The predicted octanol–water partition coefficient (Wildman–Crippen LogP) is 0.821. The number of aromatic hydroxyl groups is 1. The number of β-lactam (4-membered cyclic amide) rings is 1. The van der Waals surface area contributed by atoms with E-state index in [0.717, 1.165) is 0 Å². The van der Waals surface area contributed by atoms with Crippen molar-refractivity contribution in [3.8, 4) is 5.75 Å². The van der Waals surface area contributed by atoms with Crippen molar-refractivity contribution in [2.24, 2.45) is 5.73 Å². The second kappa shape index (κ2) is 13.2. The monoisotopic (exact) mass is 620 g/mol. The van der Waals surface area contributed by atoms with Crippen LogP contribution in [0.1, 0.15) is 17.2 Å². The molecule has 0 radical (unpaired) electrons. The molecule has 14 nitrogen and oxygen atoms in total. The van der Waals surface area contributed by atoms with Crippen molar-refractivity contribution in [1.29, 1.82) is 0 Å². The van der Waals surface area contributed by atoms with Crippen LogP contribution in [0.25, 0.3) is 0 Å². The van der Waals surface area contributed by atoms with Crippen LogP contribution in [-0.4, -0.2) is 95.6 Å². The molecule has 2 aliphatic heterocycles. The number of amides is 2. The molecule has 2 aliphatic rings. The standard InChI is InChI=1S/C20H22N6O6S2.C2HF3O2/c1-32-6-10-4-9(2-3-12(10)27)14(21)17(28)23-15-18(29)26-16(20(30)31)11(8-34-19(15)26)7-33-13-5-22-25-24-13;3-2(4,5)1(6)7/h2-5,14-15,19,27H,6-8,21H2,1H3,(H,23,28)(H,30,31)(H,22,24,25);(H,6,7). The number of ether oxygens (including phenoxy) is 1. The lowest BCUT2D eigenvalue weighted by Crippen LogP contribution is -2.71. The third kappa shape index (κ3) is 7.48. The molecule has 1 fully saturated rings. The summed E-state index contributed by atoms with van der Waals surface area (Å²) in [5, 5.41) is 39.6. The minimum absolute atomic E-state index is 0.0207. The van der Waals surface area contributed by atoms with Crippen molar-refractivity contribution >= 4 is 47.3 Å². The maximum absolute atomic E-state index is 12.8. The Labute approximate surface area is 237 Å². The Hall–Kier alpha value is -3.81. The van der Waals surface area contributed by atoms with Crippen LogP contribution in [0.4, 0.5) is 13.2 Å². The average Bonchev–Trinajstić information content (AvgIpc) is 3.44. The highest BCUT2D eigenvalue weighted by Crippen LogP contribution is 2.41. The van der Waals surface area contributed by atoms with Crippen LogP contribution < -0.4 is 11.1 Å². The summed E-state index contributed by atoms with van der Waals surface area (Å²) in [4.78, 5) is 47.7. The highest BCUT2D eigenvalue weighted by Gasteiger charge is 2.54. The number of carboxylic acid groups (broad SMARTS) is 2. The fourth-order valence-electron chi connectivity index (χ4n) is 3.68. The molecule has 7 N–H and O–H groups in total. The fourth-order valence-corrected chi connectivity index (χ4v) is 5.95. The first-order valence-electron chi connectivity index (χ1n) is 11.3. The molecule has 3 unspecified atom stereocenters. The molecule has 0 bridgehead atoms. The van der Waals surface area contributed by atoms with Crippen molar-refractivity contribution in [2.45, 2.75) is 35.3 Å². The number of halogens is 3. The quantitative estimate of drug-likeness (QED) is 0.169. The first kappa shape index (κ1) is 31.7. The van der Waals surface area contributed by atoms with Gasteiger partial charge in [-0.25, -0.2) is 9.59 Å². The van der Waals surface area contributed by atoms with Crippen LogP contribution in [0.3, 0.4) is 0 Å². The first-order chi connectivity index (χ1) is 19.3. The van der Waals surface area contributed by atoms with E-state index < -0.39 is 47.4 Å². The minimum Gasteiger partial charge on any atom is -0.508 e. The van der Waals surface area contributed by atoms with Crippen LogP contribution in [0, 0.1) is 0 Å². The number of hydrogen-bond acceptors (Lipinski definition) is 11. The van der Waals surface area contributed by atoms with Crippen molar-refractivity contribution in [2.75, 3.05) is 18.6 Å². The molecule has 1 saturated heterocycles. The molecule has 222 valence electrons. The zero-order valence-corrected chi connectivity index (χ0v) is 22.5. The van der Waals surface area contributed by atoms with Gasteiger partial charge in [0.05, 0.1) is 12.8 Å². The van der Waals surface area contributed by atoms with Crippen LogP contribution in [0.15, 0.2) is 40.7 Å². The van der Waals surface area contributed by atoms with Gasteiger partial charge in [-0.15, -0.1) is 28.6 Å². The van der Waals surface area contributed by atoms with Gasteiger partial charge in [-0.2, -0.15) is 13.2 Å². The van der Waals surface area contributed by atoms with Gasteiger partial charge >= 0.3 is 18.1 Å². The van der Waals surface area contributed by atoms with Gasteiger partial charge in [0.2, 0.25) is 5.91 Å². The summed E-state index contributed by atoms with van der Waals surface area (Å²) in [6, 6.07) is 2.54. The summed E-state index contributed by atoms with van der Waals surface area (Å²) in [6.45, 7) is 0.143. The van der Waals surface area contributed by atoms with Gasteiger partial charge in [0.1, 0.15) is 33.9 Å². The summed E-state index contributed by atoms with van der Waals surface area (Å²) in [6.07, 6.45) is -3.56. The van der Waals surface area contributed by atoms with Crippen LogP contribution in [0.5, 0.6) is 5.75 Å². The molecule has 1 aromatic carbocycles. The molecule has 41 heavy (non-hydrogen) atoms. The van der Waals surface area contributed by atoms with Gasteiger partial charge in [0, 0.05) is 24.2 Å². The number of hydrogen-bond donors (Lipinski definition) is 6. The lowest BCUT2D eigenvalue weighted by atomic mass is 10.0. The van der Waals surface area contributed by atoms with E-state index in [0.29, 0.717) is 33.2 Å². The number of aliphatic carboxylic acids is 2. The highest BCUT2D eigenvalue weighted by atomic mass is 32.2. The maximum atomic E-state index is 12.8. The molecule has 1 aromatic heterocycles. The Morgan fingerprint density at radius 3 is 2.59 bits per heavy atom. The molecule has 3 atom stereocenters. The highest BCUT2D eigenvalue weighted by molar-refractivity contribution is 8.01. The van der Waals surface area contributed by atoms with Crippen molar-refractivity contribution in [3.63, 3.8) is 0 Å². The topological polar surface area (TPSA) is 221 Å². The molecule has 2 aromatic rings. The first-order valence-corrected chi connectivity index (χ1v) is 13.3. The summed E-state index contributed by atoms with van der Waals surface area (Å²) < 4.78 is 36.8. The molecular formula is C22H23F3N6O8S2. The smallest absolute Gasteiger partial charge is 0.490 e. The van der Waals surface area contributed by atoms with E-state index in [4.69, 9.17) is 20.4 Å². The van der Waals surface area contributed by atoms with Crippen molar-refractivity contribution in [3.05, 3.63) is 46.8 Å². The number of carbonyl (C=O) groups is 4. The number of phenolic OH excluding ortho intramolecular Hbond substituents is 1. The summed E-state index contributed by atoms with van der Waals surface area (Å²) in [5.41, 5.74) is 7.55. The van der Waals surface area contributed by atoms with E-state index in [1.165, 1.54) is 53.9 Å². The number of thioether (sulfide) groups is 2. The molecule has 19 heteroatoms. The molecule has 0 aliphatic carbocycles. The number of methoxy groups -OCH3 is 1.